The number of Topliss-reactive ketones (excluding diaryl/α,β-unsaturated/α-hetero) is 1. The molecule has 17 heavy (non-hydrogen) atoms. The number of carbonyl (C=O) groups is 2. The van der Waals surface area contributed by atoms with Crippen molar-refractivity contribution in [2.45, 2.75) is 13.3 Å². The zero-order chi connectivity index (χ0) is 13.2. The molecule has 0 saturated carbocycles. The minimum absolute atomic E-state index is 0.00102. The van der Waals surface area contributed by atoms with Crippen molar-refractivity contribution in [2.24, 2.45) is 0 Å². The van der Waals surface area contributed by atoms with E-state index in [1.807, 2.05) is 0 Å². The third-order valence-electron chi connectivity index (χ3n) is 1.84. The summed E-state index contributed by atoms with van der Waals surface area (Å²) in [7, 11) is 0. The lowest BCUT2D eigenvalue weighted by Gasteiger charge is -2.12. The first kappa shape index (κ1) is 13.7. The summed E-state index contributed by atoms with van der Waals surface area (Å²) >= 11 is 2.83. The first-order valence-electron chi connectivity index (χ1n) is 4.30. The third kappa shape index (κ3) is 3.55. The highest BCUT2D eigenvalue weighted by molar-refractivity contribution is 9.10. The smallest absolute Gasteiger partial charge is 0.405 e. The largest absolute Gasteiger partial charge is 0.573 e. The maximum absolute atomic E-state index is 12.0. The fourth-order valence-electron chi connectivity index (χ4n) is 1.17. The summed E-state index contributed by atoms with van der Waals surface area (Å²) in [6.45, 7) is 1.15. The molecule has 0 radical (unpaired) electrons. The van der Waals surface area contributed by atoms with Gasteiger partial charge in [0.15, 0.2) is 12.1 Å². The minimum Gasteiger partial charge on any atom is -0.405 e. The van der Waals surface area contributed by atoms with Gasteiger partial charge in [-0.1, -0.05) is 0 Å². The quantitative estimate of drug-likeness (QED) is 0.635. The van der Waals surface area contributed by atoms with Crippen LogP contribution >= 0.6 is 15.9 Å². The van der Waals surface area contributed by atoms with Crippen LogP contribution in [0.2, 0.25) is 0 Å². The molecule has 0 fully saturated rings. The second kappa shape index (κ2) is 4.87. The zero-order valence-electron chi connectivity index (χ0n) is 8.47. The molecule has 0 aromatic heterocycles. The Morgan fingerprint density at radius 3 is 2.41 bits per heavy atom. The second-order valence-electron chi connectivity index (χ2n) is 3.09. The van der Waals surface area contributed by atoms with Crippen LogP contribution in [0.5, 0.6) is 5.75 Å². The minimum atomic E-state index is -4.86. The van der Waals surface area contributed by atoms with Crippen LogP contribution in [0.4, 0.5) is 13.2 Å². The number of carbonyl (C=O) groups excluding carboxylic acids is 2. The summed E-state index contributed by atoms with van der Waals surface area (Å²) in [6.07, 6.45) is -4.47. The van der Waals surface area contributed by atoms with Crippen LogP contribution in [0.15, 0.2) is 16.6 Å². The molecule has 0 atom stereocenters. The summed E-state index contributed by atoms with van der Waals surface area (Å²) in [5, 5.41) is 0. The standard InChI is InChI=1S/C10H6BrF3O3/c1-5(16)7-3-9(17-10(12,13)14)8(11)2-6(7)4-15/h2-4H,1H3. The highest BCUT2D eigenvalue weighted by Gasteiger charge is 2.32. The Hall–Kier alpha value is -1.37. The summed E-state index contributed by atoms with van der Waals surface area (Å²) < 4.78 is 39.8. The molecular formula is C10H6BrF3O3. The van der Waals surface area contributed by atoms with Crippen LogP contribution in [-0.2, 0) is 0 Å². The van der Waals surface area contributed by atoms with Crippen molar-refractivity contribution < 1.29 is 27.5 Å². The molecule has 0 saturated heterocycles. The molecule has 1 aromatic carbocycles. The molecule has 1 rings (SSSR count). The maximum Gasteiger partial charge on any atom is 0.573 e. The van der Waals surface area contributed by atoms with Crippen LogP contribution in [0.1, 0.15) is 27.6 Å². The van der Waals surface area contributed by atoms with Gasteiger partial charge in [0.05, 0.1) is 4.47 Å². The highest BCUT2D eigenvalue weighted by Crippen LogP contribution is 2.32. The zero-order valence-corrected chi connectivity index (χ0v) is 10.1. The molecule has 1 aromatic rings. The average molecular weight is 311 g/mol. The van der Waals surface area contributed by atoms with E-state index in [2.05, 4.69) is 20.7 Å². The molecule has 0 unspecified atom stereocenters. The SMILES string of the molecule is CC(=O)c1cc(OC(F)(F)F)c(Br)cc1C=O. The van der Waals surface area contributed by atoms with E-state index >= 15 is 0 Å². The molecule has 0 aliphatic heterocycles. The van der Waals surface area contributed by atoms with Crippen LogP contribution in [0.25, 0.3) is 0 Å². The number of alkyl halides is 3. The van der Waals surface area contributed by atoms with Crippen LogP contribution < -0.4 is 4.74 Å². The second-order valence-corrected chi connectivity index (χ2v) is 3.95. The first-order valence-corrected chi connectivity index (χ1v) is 5.09. The Bertz CT molecular complexity index is 469. The van der Waals surface area contributed by atoms with Crippen molar-refractivity contribution in [1.29, 1.82) is 0 Å². The van der Waals surface area contributed by atoms with Gasteiger partial charge in [0.25, 0.3) is 0 Å². The topological polar surface area (TPSA) is 43.4 Å². The van der Waals surface area contributed by atoms with Crippen molar-refractivity contribution in [3.8, 4) is 5.75 Å². The molecule has 7 heteroatoms. The number of hydrogen-bond donors (Lipinski definition) is 0. The molecular weight excluding hydrogens is 305 g/mol. The monoisotopic (exact) mass is 310 g/mol. The average Bonchev–Trinajstić information content (AvgIpc) is 2.18. The van der Waals surface area contributed by atoms with E-state index in [-0.39, 0.29) is 15.6 Å². The van der Waals surface area contributed by atoms with Gasteiger partial charge < -0.3 is 4.74 Å². The fourth-order valence-corrected chi connectivity index (χ4v) is 1.62. The van der Waals surface area contributed by atoms with Gasteiger partial charge in [0.2, 0.25) is 0 Å². The summed E-state index contributed by atoms with van der Waals surface area (Å²) in [5.74, 6) is -1.08. The number of rotatable bonds is 3. The van der Waals surface area contributed by atoms with E-state index in [9.17, 15) is 22.8 Å². The van der Waals surface area contributed by atoms with Gasteiger partial charge in [-0.3, -0.25) is 9.59 Å². The summed E-state index contributed by atoms with van der Waals surface area (Å²) in [6, 6.07) is 1.98. The number of ether oxygens (including phenoxy) is 1. The molecule has 3 nitrogen and oxygen atoms in total. The number of benzene rings is 1. The van der Waals surface area contributed by atoms with Crippen LogP contribution in [0, 0.1) is 0 Å². The lowest BCUT2D eigenvalue weighted by Crippen LogP contribution is -2.18. The lowest BCUT2D eigenvalue weighted by molar-refractivity contribution is -0.274. The molecule has 0 bridgehead atoms. The first-order chi connectivity index (χ1) is 7.74. The Labute approximate surface area is 103 Å². The van der Waals surface area contributed by atoms with Gasteiger partial charge in [0.1, 0.15) is 5.75 Å². The Kier molecular flexibility index (Phi) is 3.92. The fraction of sp³-hybridized carbons (Fsp3) is 0.200. The molecule has 0 aliphatic carbocycles. The molecule has 0 aliphatic rings. The van der Waals surface area contributed by atoms with Crippen molar-refractivity contribution in [1.82, 2.24) is 0 Å². The third-order valence-corrected chi connectivity index (χ3v) is 2.46. The Morgan fingerprint density at radius 2 is 2.00 bits per heavy atom. The van der Waals surface area contributed by atoms with Crippen LogP contribution in [-0.4, -0.2) is 18.4 Å². The van der Waals surface area contributed by atoms with Gasteiger partial charge in [-0.25, -0.2) is 0 Å². The predicted molar refractivity (Wildman–Crippen MR) is 56.2 cm³/mol. The molecule has 0 N–H and O–H groups in total. The van der Waals surface area contributed by atoms with Crippen molar-refractivity contribution in [3.63, 3.8) is 0 Å². The van der Waals surface area contributed by atoms with Crippen molar-refractivity contribution in [3.05, 3.63) is 27.7 Å². The Morgan fingerprint density at radius 1 is 1.41 bits per heavy atom. The normalized spacial score (nSPS) is 11.1. The number of halogens is 4. The van der Waals surface area contributed by atoms with Crippen molar-refractivity contribution in [2.75, 3.05) is 0 Å². The van der Waals surface area contributed by atoms with Gasteiger partial charge in [0, 0.05) is 11.1 Å². The highest BCUT2D eigenvalue weighted by atomic mass is 79.9. The molecule has 92 valence electrons. The predicted octanol–water partition coefficient (Wildman–Crippen LogP) is 3.36. The number of ketones is 1. The maximum atomic E-state index is 12.0. The van der Waals surface area contributed by atoms with E-state index in [0.29, 0.717) is 6.29 Å². The number of hydrogen-bond acceptors (Lipinski definition) is 3. The number of aldehydes is 1. The van der Waals surface area contributed by atoms with E-state index in [1.54, 1.807) is 0 Å². The molecule has 0 amide bonds. The lowest BCUT2D eigenvalue weighted by atomic mass is 10.1. The summed E-state index contributed by atoms with van der Waals surface area (Å²) in [4.78, 5) is 21.8. The van der Waals surface area contributed by atoms with E-state index in [4.69, 9.17) is 0 Å². The van der Waals surface area contributed by atoms with E-state index < -0.39 is 17.9 Å². The van der Waals surface area contributed by atoms with Gasteiger partial charge >= 0.3 is 6.36 Å². The van der Waals surface area contributed by atoms with Gasteiger partial charge in [-0.15, -0.1) is 13.2 Å². The molecule has 0 spiro atoms. The van der Waals surface area contributed by atoms with E-state index in [1.165, 1.54) is 0 Å². The van der Waals surface area contributed by atoms with Gasteiger partial charge in [-0.2, -0.15) is 0 Å². The van der Waals surface area contributed by atoms with Crippen molar-refractivity contribution >= 4 is 28.0 Å². The molecule has 0 heterocycles. The Balaban J connectivity index is 3.29. The van der Waals surface area contributed by atoms with Gasteiger partial charge in [-0.05, 0) is 35.0 Å². The van der Waals surface area contributed by atoms with E-state index in [0.717, 1.165) is 19.1 Å². The summed E-state index contributed by atoms with van der Waals surface area (Å²) in [5.41, 5.74) is -0.124. The van der Waals surface area contributed by atoms with Crippen LogP contribution in [0.3, 0.4) is 0 Å².